The number of ether oxygens (including phenoxy) is 3. The fourth-order valence-electron chi connectivity index (χ4n) is 4.12. The van der Waals surface area contributed by atoms with Crippen LogP contribution >= 0.6 is 0 Å². The summed E-state index contributed by atoms with van der Waals surface area (Å²) in [6, 6.07) is 13.6. The lowest BCUT2D eigenvalue weighted by molar-refractivity contribution is 0.267. The van der Waals surface area contributed by atoms with Crippen LogP contribution in [0.4, 0.5) is 0 Å². The number of amidine groups is 1. The van der Waals surface area contributed by atoms with Crippen LogP contribution in [0.2, 0.25) is 0 Å². The van der Waals surface area contributed by atoms with Crippen molar-refractivity contribution in [3.8, 4) is 17.2 Å². The van der Waals surface area contributed by atoms with Gasteiger partial charge in [-0.1, -0.05) is 40.7 Å². The van der Waals surface area contributed by atoms with Crippen LogP contribution in [0.1, 0.15) is 71.4 Å². The van der Waals surface area contributed by atoms with E-state index in [2.05, 4.69) is 46.8 Å². The monoisotopic (exact) mass is 440 g/mol. The average Bonchev–Trinajstić information content (AvgIpc) is 2.71. The summed E-state index contributed by atoms with van der Waals surface area (Å²) in [5.74, 6) is 2.45. The Morgan fingerprint density at radius 2 is 1.47 bits per heavy atom. The maximum Gasteiger partial charge on any atom is 0.161 e. The minimum absolute atomic E-state index is 0.0659. The highest BCUT2D eigenvalue weighted by Gasteiger charge is 2.28. The van der Waals surface area contributed by atoms with E-state index in [9.17, 15) is 0 Å². The molecule has 3 N–H and O–H groups in total. The van der Waals surface area contributed by atoms with Crippen LogP contribution in [-0.2, 0) is 5.41 Å². The topological polar surface area (TPSA) is 77.6 Å². The molecule has 0 atom stereocenters. The summed E-state index contributed by atoms with van der Waals surface area (Å²) in [6.07, 6.45) is 4.01. The number of methoxy groups -OCH3 is 1. The second-order valence-electron chi connectivity index (χ2n) is 10.2. The minimum atomic E-state index is 0.0659. The SMILES string of the molecule is COc1cc(C(C)(C)CC(C)(C)C)ccc1OCCCCCOc1ccc(C(=N)N)cc1. The normalized spacial score (nSPS) is 11.8. The summed E-state index contributed by atoms with van der Waals surface area (Å²) in [5.41, 5.74) is 7.76. The van der Waals surface area contributed by atoms with Crippen LogP contribution in [-0.4, -0.2) is 26.2 Å². The Labute approximate surface area is 193 Å². The highest BCUT2D eigenvalue weighted by Crippen LogP contribution is 2.39. The zero-order valence-corrected chi connectivity index (χ0v) is 20.6. The Kier molecular flexibility index (Phi) is 8.99. The van der Waals surface area contributed by atoms with E-state index in [1.807, 2.05) is 18.2 Å². The molecule has 32 heavy (non-hydrogen) atoms. The Hall–Kier alpha value is -2.69. The number of hydrogen-bond donors (Lipinski definition) is 2. The molecule has 0 heterocycles. The first kappa shape index (κ1) is 25.6. The van der Waals surface area contributed by atoms with Gasteiger partial charge >= 0.3 is 0 Å². The van der Waals surface area contributed by atoms with Gasteiger partial charge in [0.05, 0.1) is 20.3 Å². The molecule has 0 aliphatic rings. The van der Waals surface area contributed by atoms with Crippen molar-refractivity contribution in [1.82, 2.24) is 0 Å². The summed E-state index contributed by atoms with van der Waals surface area (Å²) in [5, 5.41) is 7.41. The Balaban J connectivity index is 1.76. The lowest BCUT2D eigenvalue weighted by Crippen LogP contribution is -2.24. The van der Waals surface area contributed by atoms with Gasteiger partial charge in [-0.05, 0) is 78.5 Å². The molecule has 176 valence electrons. The van der Waals surface area contributed by atoms with Gasteiger partial charge in [0.15, 0.2) is 11.5 Å². The predicted molar refractivity (Wildman–Crippen MR) is 132 cm³/mol. The molecule has 0 saturated heterocycles. The van der Waals surface area contributed by atoms with Crippen LogP contribution in [0.25, 0.3) is 0 Å². The third-order valence-corrected chi connectivity index (χ3v) is 5.40. The number of nitrogens with two attached hydrogens (primary N) is 1. The first-order valence-corrected chi connectivity index (χ1v) is 11.4. The lowest BCUT2D eigenvalue weighted by Gasteiger charge is -2.33. The van der Waals surface area contributed by atoms with Crippen LogP contribution in [0.5, 0.6) is 17.2 Å². The molecule has 2 rings (SSSR count). The van der Waals surface area contributed by atoms with Crippen molar-refractivity contribution in [2.24, 2.45) is 11.1 Å². The van der Waals surface area contributed by atoms with Crippen molar-refractivity contribution < 1.29 is 14.2 Å². The number of nitrogens with one attached hydrogen (secondary N) is 1. The molecule has 0 radical (unpaired) electrons. The fraction of sp³-hybridized carbons (Fsp3) is 0.519. The van der Waals surface area contributed by atoms with Gasteiger partial charge < -0.3 is 19.9 Å². The van der Waals surface area contributed by atoms with Gasteiger partial charge in [-0.15, -0.1) is 0 Å². The van der Waals surface area contributed by atoms with E-state index in [0.29, 0.717) is 18.8 Å². The van der Waals surface area contributed by atoms with Gasteiger partial charge in [-0.2, -0.15) is 0 Å². The molecule has 0 spiro atoms. The Morgan fingerprint density at radius 3 is 2.03 bits per heavy atom. The van der Waals surface area contributed by atoms with Crippen molar-refractivity contribution in [3.05, 3.63) is 53.6 Å². The quantitative estimate of drug-likeness (QED) is 0.230. The number of nitrogen functional groups attached to an aromatic ring is 1. The first-order valence-electron chi connectivity index (χ1n) is 11.4. The molecule has 2 aromatic carbocycles. The van der Waals surface area contributed by atoms with Gasteiger partial charge in [0.2, 0.25) is 0 Å². The van der Waals surface area contributed by atoms with E-state index in [4.69, 9.17) is 25.4 Å². The van der Waals surface area contributed by atoms with E-state index in [1.165, 1.54) is 5.56 Å². The summed E-state index contributed by atoms with van der Waals surface area (Å²) in [7, 11) is 1.70. The van der Waals surface area contributed by atoms with E-state index >= 15 is 0 Å². The average molecular weight is 441 g/mol. The second-order valence-corrected chi connectivity index (χ2v) is 10.2. The van der Waals surface area contributed by atoms with Crippen molar-refractivity contribution in [2.45, 2.75) is 65.7 Å². The van der Waals surface area contributed by atoms with E-state index in [1.54, 1.807) is 19.2 Å². The number of benzene rings is 2. The third-order valence-electron chi connectivity index (χ3n) is 5.40. The van der Waals surface area contributed by atoms with E-state index < -0.39 is 0 Å². The van der Waals surface area contributed by atoms with Gasteiger partial charge in [-0.25, -0.2) is 0 Å². The van der Waals surface area contributed by atoms with Crippen LogP contribution < -0.4 is 19.9 Å². The molecule has 5 heteroatoms. The van der Waals surface area contributed by atoms with Crippen molar-refractivity contribution in [2.75, 3.05) is 20.3 Å². The molecular weight excluding hydrogens is 400 g/mol. The zero-order valence-electron chi connectivity index (χ0n) is 20.6. The zero-order chi connectivity index (χ0) is 23.8. The van der Waals surface area contributed by atoms with Gasteiger partial charge in [0, 0.05) is 5.56 Å². The maximum absolute atomic E-state index is 7.41. The predicted octanol–water partition coefficient (Wildman–Crippen LogP) is 6.32. The smallest absolute Gasteiger partial charge is 0.161 e. The molecular formula is C27H40N2O3. The molecule has 0 fully saturated rings. The molecule has 2 aromatic rings. The standard InChI is InChI=1S/C27H40N2O3/c1-26(2,3)19-27(4,5)21-12-15-23(24(18-21)30-6)32-17-9-7-8-16-31-22-13-10-20(11-14-22)25(28)29/h10-15,18H,7-9,16-17,19H2,1-6H3,(H3,28,29). The summed E-state index contributed by atoms with van der Waals surface area (Å²) >= 11 is 0. The Morgan fingerprint density at radius 1 is 0.844 bits per heavy atom. The number of unbranched alkanes of at least 4 members (excludes halogenated alkanes) is 2. The Bertz CT molecular complexity index is 867. The highest BCUT2D eigenvalue weighted by molar-refractivity contribution is 5.94. The van der Waals surface area contributed by atoms with Crippen molar-refractivity contribution >= 4 is 5.84 Å². The van der Waals surface area contributed by atoms with Crippen molar-refractivity contribution in [3.63, 3.8) is 0 Å². The number of hydrogen-bond acceptors (Lipinski definition) is 4. The van der Waals surface area contributed by atoms with Gasteiger partial charge in [0.1, 0.15) is 11.6 Å². The van der Waals surface area contributed by atoms with E-state index in [-0.39, 0.29) is 16.7 Å². The fourth-order valence-corrected chi connectivity index (χ4v) is 4.12. The molecule has 5 nitrogen and oxygen atoms in total. The molecule has 0 aliphatic heterocycles. The van der Waals surface area contributed by atoms with Crippen LogP contribution in [0.15, 0.2) is 42.5 Å². The van der Waals surface area contributed by atoms with Gasteiger partial charge in [-0.3, -0.25) is 5.41 Å². The van der Waals surface area contributed by atoms with Gasteiger partial charge in [0.25, 0.3) is 0 Å². The van der Waals surface area contributed by atoms with Crippen LogP contribution in [0, 0.1) is 10.8 Å². The molecule has 0 aliphatic carbocycles. The first-order chi connectivity index (χ1) is 15.0. The van der Waals surface area contributed by atoms with E-state index in [0.717, 1.165) is 42.9 Å². The van der Waals surface area contributed by atoms with Crippen molar-refractivity contribution in [1.29, 1.82) is 5.41 Å². The largest absolute Gasteiger partial charge is 0.494 e. The lowest BCUT2D eigenvalue weighted by atomic mass is 9.72. The molecule has 0 bridgehead atoms. The second kappa shape index (κ2) is 11.3. The summed E-state index contributed by atoms with van der Waals surface area (Å²) in [6.45, 7) is 12.7. The highest BCUT2D eigenvalue weighted by atomic mass is 16.5. The molecule has 0 unspecified atom stereocenters. The third kappa shape index (κ3) is 8.10. The summed E-state index contributed by atoms with van der Waals surface area (Å²) < 4.78 is 17.4. The molecule has 0 amide bonds. The minimum Gasteiger partial charge on any atom is -0.494 e. The molecule has 0 saturated carbocycles. The maximum atomic E-state index is 7.41. The molecule has 0 aromatic heterocycles. The summed E-state index contributed by atoms with van der Waals surface area (Å²) in [4.78, 5) is 0. The van der Waals surface area contributed by atoms with Crippen LogP contribution in [0.3, 0.4) is 0 Å². The number of rotatable bonds is 12.